The van der Waals surface area contributed by atoms with Gasteiger partial charge in [0, 0.05) is 12.2 Å². The first-order valence-electron chi connectivity index (χ1n) is 6.78. The Labute approximate surface area is 131 Å². The maximum atomic E-state index is 10.8. The Morgan fingerprint density at radius 2 is 2.14 bits per heavy atom. The first-order chi connectivity index (χ1) is 10.5. The Balaban J connectivity index is 2.99. The molecule has 0 fully saturated rings. The lowest BCUT2D eigenvalue weighted by atomic mass is 10.1. The molecule has 1 aromatic carbocycles. The summed E-state index contributed by atoms with van der Waals surface area (Å²) < 4.78 is 0. The molecule has 1 rings (SSSR count). The second-order valence-corrected chi connectivity index (χ2v) is 4.86. The fourth-order valence-electron chi connectivity index (χ4n) is 1.88. The number of aliphatic carboxylic acids is 1. The molecule has 0 aliphatic carbocycles. The van der Waals surface area contributed by atoms with Crippen LogP contribution in [0.1, 0.15) is 12.5 Å². The second kappa shape index (κ2) is 8.34. The number of anilines is 1. The van der Waals surface area contributed by atoms with Gasteiger partial charge in [-0.3, -0.25) is 0 Å². The molecule has 1 unspecified atom stereocenters. The zero-order valence-corrected chi connectivity index (χ0v) is 12.5. The molecule has 0 aliphatic heterocycles. The van der Waals surface area contributed by atoms with Crippen molar-refractivity contribution < 1.29 is 9.90 Å². The van der Waals surface area contributed by atoms with Crippen LogP contribution in [0.3, 0.4) is 0 Å². The summed E-state index contributed by atoms with van der Waals surface area (Å²) in [5, 5.41) is 17.6. The minimum atomic E-state index is -1.24. The van der Waals surface area contributed by atoms with Crippen LogP contribution in [0.5, 0.6) is 0 Å². The number of carboxylic acids is 1. The molecule has 0 aromatic heterocycles. The van der Waals surface area contributed by atoms with Crippen molar-refractivity contribution in [2.24, 2.45) is 5.92 Å². The van der Waals surface area contributed by atoms with Crippen molar-refractivity contribution in [2.75, 3.05) is 18.0 Å². The van der Waals surface area contributed by atoms with Crippen molar-refractivity contribution in [2.45, 2.75) is 6.92 Å². The van der Waals surface area contributed by atoms with Gasteiger partial charge < -0.3 is 10.0 Å². The molecule has 0 saturated heterocycles. The Hall–Kier alpha value is -2.98. The van der Waals surface area contributed by atoms with Crippen LogP contribution in [0.25, 0.3) is 6.08 Å². The summed E-state index contributed by atoms with van der Waals surface area (Å²) in [5.41, 5.74) is 1.30. The maximum Gasteiger partial charge on any atom is 0.346 e. The van der Waals surface area contributed by atoms with Gasteiger partial charge in [-0.05, 0) is 29.7 Å². The maximum absolute atomic E-state index is 10.8. The highest BCUT2D eigenvalue weighted by Crippen LogP contribution is 2.18. The monoisotopic (exact) mass is 294 g/mol. The van der Waals surface area contributed by atoms with E-state index in [1.54, 1.807) is 18.2 Å². The Morgan fingerprint density at radius 3 is 2.59 bits per heavy atom. The standard InChI is InChI=1S/C18H18N2O2/c1-4-10-20(13-14(3)5-2)17-8-6-15(7-9-17)11-16(12-19)18(21)22/h1,5-9,11,14H,2,10,13H2,3H3,(H,21,22). The van der Waals surface area contributed by atoms with E-state index in [-0.39, 0.29) is 5.57 Å². The number of carboxylic acid groups (broad SMARTS) is 1. The van der Waals surface area contributed by atoms with Gasteiger partial charge in [-0.2, -0.15) is 5.26 Å². The normalized spacial score (nSPS) is 11.9. The molecular weight excluding hydrogens is 276 g/mol. The fraction of sp³-hybridized carbons (Fsp3) is 0.222. The number of hydrogen-bond acceptors (Lipinski definition) is 3. The fourth-order valence-corrected chi connectivity index (χ4v) is 1.88. The number of nitrogens with zero attached hydrogens (tertiary/aromatic N) is 2. The smallest absolute Gasteiger partial charge is 0.346 e. The van der Waals surface area contributed by atoms with E-state index >= 15 is 0 Å². The molecule has 0 bridgehead atoms. The number of benzene rings is 1. The number of hydrogen-bond donors (Lipinski definition) is 1. The molecule has 0 heterocycles. The van der Waals surface area contributed by atoms with Crippen molar-refractivity contribution in [3.05, 3.63) is 48.1 Å². The number of rotatable bonds is 7. The quantitative estimate of drug-likeness (QED) is 0.363. The zero-order valence-electron chi connectivity index (χ0n) is 12.5. The van der Waals surface area contributed by atoms with Gasteiger partial charge in [0.25, 0.3) is 0 Å². The Morgan fingerprint density at radius 1 is 1.50 bits per heavy atom. The molecule has 0 spiro atoms. The van der Waals surface area contributed by atoms with Gasteiger partial charge in [0.2, 0.25) is 0 Å². The van der Waals surface area contributed by atoms with E-state index < -0.39 is 5.97 Å². The average Bonchev–Trinajstić information content (AvgIpc) is 2.52. The average molecular weight is 294 g/mol. The molecule has 1 atom stereocenters. The molecule has 0 amide bonds. The molecule has 4 nitrogen and oxygen atoms in total. The van der Waals surface area contributed by atoms with Crippen molar-refractivity contribution in [3.63, 3.8) is 0 Å². The van der Waals surface area contributed by atoms with Gasteiger partial charge in [-0.1, -0.05) is 31.1 Å². The van der Waals surface area contributed by atoms with E-state index in [4.69, 9.17) is 16.8 Å². The first-order valence-corrected chi connectivity index (χ1v) is 6.78. The van der Waals surface area contributed by atoms with E-state index in [0.717, 1.165) is 12.2 Å². The first kappa shape index (κ1) is 17.1. The van der Waals surface area contributed by atoms with Crippen molar-refractivity contribution in [1.29, 1.82) is 5.26 Å². The molecule has 1 aromatic rings. The summed E-state index contributed by atoms with van der Waals surface area (Å²) in [4.78, 5) is 12.9. The molecule has 112 valence electrons. The highest BCUT2D eigenvalue weighted by Gasteiger charge is 2.09. The van der Waals surface area contributed by atoms with Crippen LogP contribution in [0.2, 0.25) is 0 Å². The highest BCUT2D eigenvalue weighted by molar-refractivity contribution is 5.96. The van der Waals surface area contributed by atoms with Crippen LogP contribution in [0, 0.1) is 29.6 Å². The predicted octanol–water partition coefficient (Wildman–Crippen LogP) is 2.94. The highest BCUT2D eigenvalue weighted by atomic mass is 16.4. The van der Waals surface area contributed by atoms with E-state index in [9.17, 15) is 4.79 Å². The lowest BCUT2D eigenvalue weighted by Gasteiger charge is -2.24. The molecule has 0 saturated carbocycles. The lowest BCUT2D eigenvalue weighted by molar-refractivity contribution is -0.132. The van der Waals surface area contributed by atoms with Gasteiger partial charge in [-0.15, -0.1) is 13.0 Å². The summed E-state index contributed by atoms with van der Waals surface area (Å²) in [6, 6.07) is 8.89. The lowest BCUT2D eigenvalue weighted by Crippen LogP contribution is -2.28. The van der Waals surface area contributed by atoms with Crippen molar-refractivity contribution in [1.82, 2.24) is 0 Å². The van der Waals surface area contributed by atoms with Crippen LogP contribution in [0.15, 0.2) is 42.5 Å². The second-order valence-electron chi connectivity index (χ2n) is 4.86. The summed E-state index contributed by atoms with van der Waals surface area (Å²) >= 11 is 0. The van der Waals surface area contributed by atoms with Crippen LogP contribution in [-0.4, -0.2) is 24.2 Å². The van der Waals surface area contributed by atoms with Gasteiger partial charge in [-0.25, -0.2) is 4.79 Å². The number of nitriles is 1. The van der Waals surface area contributed by atoms with Gasteiger partial charge in [0.05, 0.1) is 6.54 Å². The minimum Gasteiger partial charge on any atom is -0.477 e. The molecule has 1 N–H and O–H groups in total. The van der Waals surface area contributed by atoms with Gasteiger partial charge >= 0.3 is 5.97 Å². The van der Waals surface area contributed by atoms with Crippen LogP contribution in [0.4, 0.5) is 5.69 Å². The zero-order chi connectivity index (χ0) is 16.5. The SMILES string of the molecule is C#CCN(CC(C)C=C)c1ccc(C=C(C#N)C(=O)O)cc1. The molecule has 22 heavy (non-hydrogen) atoms. The third-order valence-corrected chi connectivity index (χ3v) is 3.11. The van der Waals surface area contributed by atoms with Crippen LogP contribution >= 0.6 is 0 Å². The molecule has 4 heteroatoms. The predicted molar refractivity (Wildman–Crippen MR) is 88.1 cm³/mol. The topological polar surface area (TPSA) is 64.3 Å². The summed E-state index contributed by atoms with van der Waals surface area (Å²) in [6.07, 6.45) is 8.61. The van der Waals surface area contributed by atoms with E-state index in [1.165, 1.54) is 6.08 Å². The third-order valence-electron chi connectivity index (χ3n) is 3.11. The number of carbonyl (C=O) groups is 1. The summed E-state index contributed by atoms with van der Waals surface area (Å²) in [5.74, 6) is 1.69. The largest absolute Gasteiger partial charge is 0.477 e. The van der Waals surface area contributed by atoms with E-state index in [1.807, 2.05) is 23.1 Å². The third kappa shape index (κ3) is 4.85. The molecular formula is C18H18N2O2. The number of terminal acetylenes is 1. The summed E-state index contributed by atoms with van der Waals surface area (Å²) in [6.45, 7) is 7.05. The van der Waals surface area contributed by atoms with Crippen molar-refractivity contribution >= 4 is 17.7 Å². The molecule has 0 aliphatic rings. The summed E-state index contributed by atoms with van der Waals surface area (Å²) in [7, 11) is 0. The minimum absolute atomic E-state index is 0.296. The van der Waals surface area contributed by atoms with E-state index in [2.05, 4.69) is 19.4 Å². The van der Waals surface area contributed by atoms with Gasteiger partial charge in [0.15, 0.2) is 0 Å². The van der Waals surface area contributed by atoms with Gasteiger partial charge in [0.1, 0.15) is 11.6 Å². The van der Waals surface area contributed by atoms with Crippen molar-refractivity contribution in [3.8, 4) is 18.4 Å². The Kier molecular flexibility index (Phi) is 6.47. The van der Waals surface area contributed by atoms with Crippen LogP contribution < -0.4 is 4.90 Å². The molecule has 0 radical (unpaired) electrons. The van der Waals surface area contributed by atoms with E-state index in [0.29, 0.717) is 18.0 Å². The Bertz CT molecular complexity index is 645. The van der Waals surface area contributed by atoms with Crippen LogP contribution in [-0.2, 0) is 4.79 Å².